The molecule has 29 heavy (non-hydrogen) atoms. The number of piperazine rings is 1. The molecule has 1 atom stereocenters. The van der Waals surface area contributed by atoms with E-state index in [1.807, 2.05) is 0 Å². The van der Waals surface area contributed by atoms with Crippen LogP contribution in [0, 0.1) is 10.1 Å². The third-order valence-corrected chi connectivity index (χ3v) is 6.78. The summed E-state index contributed by atoms with van der Waals surface area (Å²) in [6, 6.07) is 9.71. The zero-order chi connectivity index (χ0) is 21.4. The molecule has 3 rings (SSSR count). The second kappa shape index (κ2) is 7.64. The topological polar surface area (TPSA) is 83.8 Å². The maximum Gasteiger partial charge on any atom is 0.416 e. The van der Waals surface area contributed by atoms with Crippen LogP contribution in [0.25, 0.3) is 0 Å². The number of nitro groups is 1. The van der Waals surface area contributed by atoms with Crippen LogP contribution in [-0.4, -0.2) is 43.3 Å². The molecule has 0 aromatic heterocycles. The van der Waals surface area contributed by atoms with Crippen molar-refractivity contribution in [3.8, 4) is 0 Å². The summed E-state index contributed by atoms with van der Waals surface area (Å²) in [5.41, 5.74) is -1.73. The number of halogens is 3. The Morgan fingerprint density at radius 1 is 1.10 bits per heavy atom. The molecule has 2 aromatic rings. The molecule has 1 unspecified atom stereocenters. The minimum absolute atomic E-state index is 0.0339. The van der Waals surface area contributed by atoms with E-state index in [9.17, 15) is 31.7 Å². The van der Waals surface area contributed by atoms with E-state index in [1.54, 1.807) is 30.0 Å². The van der Waals surface area contributed by atoms with Gasteiger partial charge in [0.25, 0.3) is 5.69 Å². The number of nitrogens with zero attached hydrogens (tertiary/aromatic N) is 3. The summed E-state index contributed by atoms with van der Waals surface area (Å²) in [6.45, 7) is 1.93. The van der Waals surface area contributed by atoms with E-state index in [-0.39, 0.29) is 30.2 Å². The van der Waals surface area contributed by atoms with Gasteiger partial charge < -0.3 is 4.90 Å². The molecule has 0 aliphatic carbocycles. The van der Waals surface area contributed by atoms with E-state index >= 15 is 0 Å². The Kier molecular flexibility index (Phi) is 5.54. The molecule has 0 N–H and O–H groups in total. The SMILES string of the molecule is CC1CN(c2ccc(C(F)(F)F)cc2[N+](=O)[O-])CCN1S(=O)(=O)c1ccccc1. The zero-order valence-electron chi connectivity index (χ0n) is 15.3. The predicted molar refractivity (Wildman–Crippen MR) is 100 cm³/mol. The van der Waals surface area contributed by atoms with Crippen LogP contribution in [0.15, 0.2) is 53.4 Å². The van der Waals surface area contributed by atoms with Gasteiger partial charge in [0.15, 0.2) is 0 Å². The molecule has 1 fully saturated rings. The Labute approximate surface area is 165 Å². The van der Waals surface area contributed by atoms with Crippen molar-refractivity contribution in [1.82, 2.24) is 4.31 Å². The van der Waals surface area contributed by atoms with Crippen LogP contribution in [0.1, 0.15) is 12.5 Å². The number of benzene rings is 2. The summed E-state index contributed by atoms with van der Waals surface area (Å²) >= 11 is 0. The second-order valence-corrected chi connectivity index (χ2v) is 8.57. The molecule has 2 aromatic carbocycles. The monoisotopic (exact) mass is 429 g/mol. The molecule has 0 saturated carbocycles. The molecule has 1 heterocycles. The molecular weight excluding hydrogens is 411 g/mol. The van der Waals surface area contributed by atoms with Crippen LogP contribution in [0.5, 0.6) is 0 Å². The first kappa shape index (κ1) is 21.1. The van der Waals surface area contributed by atoms with Crippen molar-refractivity contribution in [2.45, 2.75) is 24.0 Å². The van der Waals surface area contributed by atoms with Crippen LogP contribution < -0.4 is 4.90 Å². The summed E-state index contributed by atoms with van der Waals surface area (Å²) in [6.07, 6.45) is -4.70. The molecule has 1 aliphatic rings. The molecule has 7 nitrogen and oxygen atoms in total. The van der Waals surface area contributed by atoms with Gasteiger partial charge in [0.05, 0.1) is 15.4 Å². The number of hydrogen-bond acceptors (Lipinski definition) is 5. The van der Waals surface area contributed by atoms with Gasteiger partial charge in [-0.25, -0.2) is 8.42 Å². The molecule has 1 saturated heterocycles. The van der Waals surface area contributed by atoms with E-state index in [2.05, 4.69) is 0 Å². The Bertz CT molecular complexity index is 1010. The lowest BCUT2D eigenvalue weighted by Gasteiger charge is -2.39. The number of hydrogen-bond donors (Lipinski definition) is 0. The lowest BCUT2D eigenvalue weighted by Crippen LogP contribution is -2.54. The Morgan fingerprint density at radius 3 is 2.31 bits per heavy atom. The molecule has 0 amide bonds. The van der Waals surface area contributed by atoms with Crippen LogP contribution >= 0.6 is 0 Å². The fourth-order valence-electron chi connectivity index (χ4n) is 3.36. The highest BCUT2D eigenvalue weighted by atomic mass is 32.2. The van der Waals surface area contributed by atoms with E-state index < -0.39 is 38.4 Å². The number of alkyl halides is 3. The van der Waals surface area contributed by atoms with Gasteiger partial charge in [0.2, 0.25) is 10.0 Å². The first-order valence-corrected chi connectivity index (χ1v) is 10.1. The standard InChI is InChI=1S/C18H18F3N3O4S/c1-13-12-22(9-10-23(13)29(27,28)15-5-3-2-4-6-15)16-8-7-14(18(19,20)21)11-17(16)24(25)26/h2-8,11,13H,9-10,12H2,1H3. The van der Waals surface area contributed by atoms with E-state index in [4.69, 9.17) is 0 Å². The number of sulfonamides is 1. The summed E-state index contributed by atoms with van der Waals surface area (Å²) in [4.78, 5) is 12.2. The summed E-state index contributed by atoms with van der Waals surface area (Å²) < 4.78 is 65.7. The van der Waals surface area contributed by atoms with Gasteiger partial charge in [-0.3, -0.25) is 10.1 Å². The first-order chi connectivity index (χ1) is 13.5. The van der Waals surface area contributed by atoms with Gasteiger partial charge in [-0.05, 0) is 31.2 Å². The van der Waals surface area contributed by atoms with Crippen molar-refractivity contribution in [2.24, 2.45) is 0 Å². The molecule has 0 radical (unpaired) electrons. The van der Waals surface area contributed by atoms with Crippen molar-refractivity contribution in [1.29, 1.82) is 0 Å². The van der Waals surface area contributed by atoms with E-state index in [1.165, 1.54) is 16.4 Å². The number of anilines is 1. The summed E-state index contributed by atoms with van der Waals surface area (Å²) in [7, 11) is -3.75. The van der Waals surface area contributed by atoms with Crippen LogP contribution in [0.4, 0.5) is 24.5 Å². The van der Waals surface area contributed by atoms with Gasteiger partial charge in [0.1, 0.15) is 5.69 Å². The van der Waals surface area contributed by atoms with E-state index in [0.717, 1.165) is 12.1 Å². The summed E-state index contributed by atoms with van der Waals surface area (Å²) in [5.74, 6) is 0. The molecule has 0 bridgehead atoms. The highest BCUT2D eigenvalue weighted by Crippen LogP contribution is 2.37. The molecule has 1 aliphatic heterocycles. The van der Waals surface area contributed by atoms with Gasteiger partial charge in [-0.2, -0.15) is 17.5 Å². The van der Waals surface area contributed by atoms with Crippen LogP contribution in [-0.2, 0) is 16.2 Å². The highest BCUT2D eigenvalue weighted by Gasteiger charge is 2.37. The minimum atomic E-state index is -4.70. The molecule has 0 spiro atoms. The first-order valence-electron chi connectivity index (χ1n) is 8.69. The molecule has 156 valence electrons. The highest BCUT2D eigenvalue weighted by molar-refractivity contribution is 7.89. The van der Waals surface area contributed by atoms with Gasteiger partial charge in [0, 0.05) is 31.7 Å². The fourth-order valence-corrected chi connectivity index (χ4v) is 4.99. The van der Waals surface area contributed by atoms with Crippen molar-refractivity contribution >= 4 is 21.4 Å². The lowest BCUT2D eigenvalue weighted by atomic mass is 10.1. The Balaban J connectivity index is 1.87. The van der Waals surface area contributed by atoms with Crippen molar-refractivity contribution in [3.63, 3.8) is 0 Å². The zero-order valence-corrected chi connectivity index (χ0v) is 16.2. The second-order valence-electron chi connectivity index (χ2n) is 6.68. The van der Waals surface area contributed by atoms with Gasteiger partial charge in [-0.15, -0.1) is 0 Å². The average molecular weight is 429 g/mol. The maximum absolute atomic E-state index is 12.9. The van der Waals surface area contributed by atoms with Crippen LogP contribution in [0.2, 0.25) is 0 Å². The predicted octanol–water partition coefficient (Wildman–Crippen LogP) is 3.51. The Hall–Kier alpha value is -2.66. The lowest BCUT2D eigenvalue weighted by molar-refractivity contribution is -0.384. The van der Waals surface area contributed by atoms with Crippen molar-refractivity contribution < 1.29 is 26.5 Å². The van der Waals surface area contributed by atoms with E-state index in [0.29, 0.717) is 6.07 Å². The largest absolute Gasteiger partial charge is 0.416 e. The van der Waals surface area contributed by atoms with Crippen molar-refractivity contribution in [2.75, 3.05) is 24.5 Å². The van der Waals surface area contributed by atoms with Crippen LogP contribution in [0.3, 0.4) is 0 Å². The average Bonchev–Trinajstić information content (AvgIpc) is 2.67. The Morgan fingerprint density at radius 2 is 1.76 bits per heavy atom. The quantitative estimate of drug-likeness (QED) is 0.549. The number of rotatable bonds is 4. The van der Waals surface area contributed by atoms with Gasteiger partial charge in [-0.1, -0.05) is 18.2 Å². The molecular formula is C18H18F3N3O4S. The number of nitro benzene ring substituents is 1. The van der Waals surface area contributed by atoms with Gasteiger partial charge >= 0.3 is 6.18 Å². The van der Waals surface area contributed by atoms with Crippen molar-refractivity contribution in [3.05, 3.63) is 64.2 Å². The smallest absolute Gasteiger partial charge is 0.363 e. The normalized spacial score (nSPS) is 18.6. The fraction of sp³-hybridized carbons (Fsp3) is 0.333. The summed E-state index contributed by atoms with van der Waals surface area (Å²) in [5, 5.41) is 11.3. The minimum Gasteiger partial charge on any atom is -0.363 e. The third kappa shape index (κ3) is 4.20. The molecule has 11 heteroatoms. The third-order valence-electron chi connectivity index (χ3n) is 4.76. The maximum atomic E-state index is 12.9.